The molecule has 29 nitrogen and oxygen atoms in total. The number of anilines is 3. The van der Waals surface area contributed by atoms with Crippen molar-refractivity contribution >= 4 is 52.7 Å². The van der Waals surface area contributed by atoms with E-state index in [1.807, 2.05) is 0 Å². The molecule has 141 heavy (non-hydrogen) atoms. The first kappa shape index (κ1) is 105. The number of carbonyl (C=O) groups excluding carboxylic acids is 6. The van der Waals surface area contributed by atoms with E-state index in [2.05, 4.69) is 31.0 Å². The number of carbonyl (C=O) groups is 6. The first-order chi connectivity index (χ1) is 66.5. The molecule has 6 aliphatic rings. The minimum atomic E-state index is -4.94. The summed E-state index contributed by atoms with van der Waals surface area (Å²) in [5, 5.41) is 10.3. The monoisotopic (exact) mass is 2000 g/mol. The number of aromatic nitrogens is 6. The Morgan fingerprint density at radius 2 is 0.794 bits per heavy atom. The summed E-state index contributed by atoms with van der Waals surface area (Å²) in [7, 11) is 7.59. The fraction of sp³-hybridized carbons (Fsp3) is 0.426. The summed E-state index contributed by atoms with van der Waals surface area (Å²) in [5.74, 6) is -14.1. The van der Waals surface area contributed by atoms with Crippen LogP contribution in [0.5, 0.6) is 17.2 Å². The van der Waals surface area contributed by atoms with E-state index in [4.69, 9.17) is 37.9 Å². The molecule has 9 heterocycles. The highest BCUT2D eigenvalue weighted by atomic mass is 19.4. The predicted octanol–water partition coefficient (Wildman–Crippen LogP) is 12.6. The van der Waals surface area contributed by atoms with Crippen molar-refractivity contribution in [1.82, 2.24) is 44.8 Å². The molecule has 3 saturated heterocycles. The Morgan fingerprint density at radius 1 is 0.440 bits per heavy atom. The number of esters is 3. The highest BCUT2D eigenvalue weighted by Crippen LogP contribution is 2.46. The van der Waals surface area contributed by atoms with Crippen molar-refractivity contribution in [3.63, 3.8) is 0 Å². The van der Waals surface area contributed by atoms with Crippen molar-refractivity contribution in [3.05, 3.63) is 223 Å². The Balaban J connectivity index is 0.000000178. The van der Waals surface area contributed by atoms with E-state index in [-0.39, 0.29) is 111 Å². The topological polar surface area (TPSA) is 327 Å². The Bertz CT molecular complexity index is 6500. The third-order valence-corrected chi connectivity index (χ3v) is 25.1. The van der Waals surface area contributed by atoms with Gasteiger partial charge in [-0.1, -0.05) is 30.3 Å². The molecule has 47 heteroatoms. The van der Waals surface area contributed by atoms with Crippen LogP contribution in [0.4, 0.5) is 96.1 Å². The number of benzene rings is 6. The van der Waals surface area contributed by atoms with E-state index in [1.165, 1.54) is 28.3 Å². The van der Waals surface area contributed by atoms with Crippen LogP contribution < -0.4 is 61.5 Å². The summed E-state index contributed by atoms with van der Waals surface area (Å²) >= 11 is 0. The number of alkyl halides is 12. The maximum atomic E-state index is 15.2. The van der Waals surface area contributed by atoms with E-state index in [0.29, 0.717) is 172 Å². The fourth-order valence-electron chi connectivity index (χ4n) is 17.5. The lowest BCUT2D eigenvalue weighted by atomic mass is 9.89. The number of aryl methyl sites for hydroxylation is 4. The van der Waals surface area contributed by atoms with E-state index in [9.17, 15) is 95.8 Å². The van der Waals surface area contributed by atoms with Crippen LogP contribution in [-0.4, -0.2) is 207 Å². The summed E-state index contributed by atoms with van der Waals surface area (Å²) in [6, 6.07) is 2.34. The zero-order chi connectivity index (χ0) is 103. The second kappa shape index (κ2) is 42.3. The average Bonchev–Trinajstić information content (AvgIpc) is 0.753. The van der Waals surface area contributed by atoms with Crippen LogP contribution in [0.3, 0.4) is 0 Å². The summed E-state index contributed by atoms with van der Waals surface area (Å²) in [4.78, 5) is 128. The number of ether oxygens (including phenoxy) is 8. The molecule has 3 amide bonds. The van der Waals surface area contributed by atoms with Gasteiger partial charge in [-0.3, -0.25) is 33.3 Å². The number of nitrogens with zero attached hydrogens (tertiary/aromatic N) is 9. The SMILES string of the molecule is COC(=O)[C@H](Cc1ccc(-c2c(C(F)(F)F)cnn(C)c2=O)c2c1CCCO2)NC(=O)c1c(F)cc(N2CCOC[C@@H]2C(F)(F)F)cc1F.COC(=O)[C@H](Cc1ccc(-c2c(C)nc(C)n(C)c2=O)c2c1CCCO2)NC(=O)c1c(F)cc(N2CCOC[C@@H]2C(F)(F)F)cc1F.COC(=O)[C@H](Cc1ccc(-c2nc(C)c(C)n(C)c2=O)c2c1CCCO2)NC(=O)c1c(F)cc(N2CC[C@@H]2C(F)(F)F)cc1F. The van der Waals surface area contributed by atoms with Crippen molar-refractivity contribution in [1.29, 1.82) is 0 Å². The standard InChI is InChI=1S/C32H33F5N4O6.C31H28F8N4O6.C31H31F5N4O5/c1-16-26(30(43)40(3)17(2)38-16)21-8-7-18(20-6-5-10-47-28(20)21)12-24(31(44)45-4)39-29(42)27-22(33)13-19(14-23(27)34)41-9-11-46-15-25(41)32(35,36)37;1-42-28(45)24(19(13-40-42)30(34,35)36)18-6-5-15(17-4-3-8-49-26(17)18)10-22(29(46)47-2)41-27(44)25-20(32)11-16(12-21(25)33)43-7-9-48-14-23(43)31(37,38)39;1-15-16(2)39(3)29(42)26(37-15)20-8-7-17(19-6-5-11-45-27(19)20)12-23(30(43)44-4)38-28(41)25-21(32)13-18(14-22(25)33)40-10-9-24(40)31(34,35)36/h7-8,13-14,24-25H,5-6,9-12,15H2,1-4H3,(H,39,42);5-6,11-13,22-23H,3-4,7-10,14H2,1-2H3,(H,41,44);7-8,13-14,23-24H,5-6,9-12H2,1-4H3,(H,38,41)/t24-,25+;22-,23+;23-,24+/m000/s1. The smallest absolute Gasteiger partial charge is 0.418 e. The lowest BCUT2D eigenvalue weighted by molar-refractivity contribution is -0.167. The normalized spacial score (nSPS) is 17.0. The molecule has 6 atom stereocenters. The van der Waals surface area contributed by atoms with Gasteiger partial charge in [-0.2, -0.15) is 57.8 Å². The van der Waals surface area contributed by atoms with Crippen molar-refractivity contribution in [3.8, 4) is 50.8 Å². The Kier molecular flexibility index (Phi) is 31.4. The lowest BCUT2D eigenvalue weighted by Gasteiger charge is -2.43. The number of rotatable bonds is 21. The lowest BCUT2D eigenvalue weighted by Crippen LogP contribution is -2.56. The largest absolute Gasteiger partial charge is 0.493 e. The molecule has 6 aliphatic heterocycles. The van der Waals surface area contributed by atoms with Crippen molar-refractivity contribution in [2.45, 2.75) is 153 Å². The first-order valence-corrected chi connectivity index (χ1v) is 43.8. The van der Waals surface area contributed by atoms with E-state index in [1.54, 1.807) is 66.1 Å². The van der Waals surface area contributed by atoms with Gasteiger partial charge in [0.2, 0.25) is 0 Å². The van der Waals surface area contributed by atoms with Gasteiger partial charge in [-0.25, -0.2) is 55.4 Å². The molecule has 0 aliphatic carbocycles. The zero-order valence-electron chi connectivity index (χ0n) is 76.9. The number of fused-ring (bicyclic) bond motifs is 3. The van der Waals surface area contributed by atoms with Gasteiger partial charge in [0.1, 0.15) is 117 Å². The summed E-state index contributed by atoms with van der Waals surface area (Å²) < 4.78 is 299. The van der Waals surface area contributed by atoms with Gasteiger partial charge in [0.05, 0.1) is 102 Å². The third-order valence-electron chi connectivity index (χ3n) is 25.1. The van der Waals surface area contributed by atoms with Crippen LogP contribution in [0, 0.1) is 62.6 Å². The molecule has 3 aromatic heterocycles. The fourth-order valence-corrected chi connectivity index (χ4v) is 17.5. The Labute approximate surface area is 790 Å². The average molecular weight is 2000 g/mol. The minimum absolute atomic E-state index is 0.0551. The zero-order valence-corrected chi connectivity index (χ0v) is 76.9. The number of nitrogens with one attached hydrogen (secondary N) is 3. The van der Waals surface area contributed by atoms with Gasteiger partial charge in [0.25, 0.3) is 34.4 Å². The maximum Gasteiger partial charge on any atom is 0.418 e. The van der Waals surface area contributed by atoms with Crippen LogP contribution in [0.1, 0.15) is 119 Å². The molecule has 15 rings (SSSR count). The van der Waals surface area contributed by atoms with E-state index in [0.717, 1.165) is 35.8 Å². The van der Waals surface area contributed by atoms with Crippen LogP contribution >= 0.6 is 0 Å². The van der Waals surface area contributed by atoms with Gasteiger partial charge in [0, 0.05) is 99.5 Å². The van der Waals surface area contributed by atoms with Crippen molar-refractivity contribution in [2.75, 3.05) is 102 Å². The van der Waals surface area contributed by atoms with Crippen LogP contribution in [0.25, 0.3) is 33.5 Å². The van der Waals surface area contributed by atoms with Crippen LogP contribution in [0.2, 0.25) is 0 Å². The number of morpholine rings is 2. The molecule has 3 fully saturated rings. The molecule has 756 valence electrons. The Hall–Kier alpha value is -13.8. The molecule has 9 aromatic rings. The molecule has 0 spiro atoms. The van der Waals surface area contributed by atoms with Gasteiger partial charge >= 0.3 is 42.6 Å². The molecule has 0 saturated carbocycles. The predicted molar refractivity (Wildman–Crippen MR) is 468 cm³/mol. The highest BCUT2D eigenvalue weighted by Gasteiger charge is 2.51. The van der Waals surface area contributed by atoms with Gasteiger partial charge in [-0.15, -0.1) is 0 Å². The molecule has 6 aromatic carbocycles. The first-order valence-electron chi connectivity index (χ1n) is 43.8. The summed E-state index contributed by atoms with van der Waals surface area (Å²) in [5.41, 5.74) is -1.83. The number of methoxy groups -OCH3 is 3. The maximum absolute atomic E-state index is 15.2. The van der Waals surface area contributed by atoms with Gasteiger partial charge < -0.3 is 73.1 Å². The second-order valence-electron chi connectivity index (χ2n) is 33.7. The second-order valence-corrected chi connectivity index (χ2v) is 33.7. The number of hydrogen-bond acceptors (Lipinski definition) is 23. The molecule has 0 bridgehead atoms. The number of halogens is 18. The minimum Gasteiger partial charge on any atom is -0.493 e. The molecule has 3 N–H and O–H groups in total. The molecule has 0 radical (unpaired) electrons. The number of amides is 3. The van der Waals surface area contributed by atoms with Crippen molar-refractivity contribution in [2.24, 2.45) is 21.1 Å². The third kappa shape index (κ3) is 22.2. The molecular weight excluding hydrogens is 1910 g/mol. The molecule has 0 unspecified atom stereocenters. The summed E-state index contributed by atoms with van der Waals surface area (Å²) in [6.45, 7) is 5.46. The van der Waals surface area contributed by atoms with E-state index >= 15 is 26.3 Å². The molecular formula is C94H92F18N12O17. The Morgan fingerprint density at radius 3 is 1.14 bits per heavy atom. The quantitative estimate of drug-likeness (QED) is 0.0342. The summed E-state index contributed by atoms with van der Waals surface area (Å²) in [6.07, 6.45) is -16.5. The number of hydrogen-bond donors (Lipinski definition) is 3. The van der Waals surface area contributed by atoms with Gasteiger partial charge in [-0.05, 0) is 148 Å². The highest BCUT2D eigenvalue weighted by molar-refractivity contribution is 6.00. The van der Waals surface area contributed by atoms with Crippen molar-refractivity contribution < 1.29 is 146 Å². The van der Waals surface area contributed by atoms with Crippen LogP contribution in [-0.2, 0) is 104 Å². The van der Waals surface area contributed by atoms with E-state index < -0.39 is 189 Å². The van der Waals surface area contributed by atoms with Crippen LogP contribution in [0.15, 0.2) is 93.4 Å². The van der Waals surface area contributed by atoms with Gasteiger partial charge in [0.15, 0.2) is 0 Å².